The van der Waals surface area contributed by atoms with Crippen LogP contribution in [0.4, 0.5) is 10.1 Å². The van der Waals surface area contributed by atoms with Crippen LogP contribution in [-0.4, -0.2) is 44.7 Å². The summed E-state index contributed by atoms with van der Waals surface area (Å²) in [5.74, 6) is -0.880. The summed E-state index contributed by atoms with van der Waals surface area (Å²) in [4.78, 5) is 18.0. The van der Waals surface area contributed by atoms with Gasteiger partial charge in [0.1, 0.15) is 24.3 Å². The molecular formula is C25H21Cl3FN3O3. The molecule has 0 aromatic heterocycles. The number of carbonyl (C=O) groups excluding carboxylic acids is 1. The summed E-state index contributed by atoms with van der Waals surface area (Å²) < 4.78 is 24.6. The highest BCUT2D eigenvalue weighted by Crippen LogP contribution is 2.34. The highest BCUT2D eigenvalue weighted by molar-refractivity contribution is 6.44. The van der Waals surface area contributed by atoms with E-state index in [2.05, 4.69) is 10.6 Å². The lowest BCUT2D eigenvalue weighted by atomic mass is 10.0. The minimum atomic E-state index is -0.734. The Morgan fingerprint density at radius 2 is 1.86 bits per heavy atom. The molecule has 0 aliphatic carbocycles. The molecule has 0 radical (unpaired) electrons. The molecule has 4 rings (SSSR count). The lowest BCUT2D eigenvalue weighted by Crippen LogP contribution is -2.38. The van der Waals surface area contributed by atoms with Crippen molar-refractivity contribution >= 4 is 52.1 Å². The molecule has 3 aromatic rings. The SMILES string of the molecule is COCCOc1ccc(F)cc1C(=O)NC1CNc2ccccc2C(c2c(Cl)cc(Cl)cc2Cl)=N1. The van der Waals surface area contributed by atoms with Gasteiger partial charge in [-0.05, 0) is 36.4 Å². The molecule has 1 aliphatic rings. The Hall–Kier alpha value is -2.84. The average molecular weight is 537 g/mol. The minimum Gasteiger partial charge on any atom is -0.490 e. The molecule has 35 heavy (non-hydrogen) atoms. The Morgan fingerprint density at radius 3 is 2.60 bits per heavy atom. The van der Waals surface area contributed by atoms with Gasteiger partial charge in [-0.2, -0.15) is 0 Å². The van der Waals surface area contributed by atoms with Crippen molar-refractivity contribution in [1.82, 2.24) is 5.32 Å². The number of benzene rings is 3. The molecule has 1 unspecified atom stereocenters. The molecule has 1 atom stereocenters. The van der Waals surface area contributed by atoms with Crippen LogP contribution in [0, 0.1) is 5.82 Å². The molecular weight excluding hydrogens is 516 g/mol. The zero-order valence-electron chi connectivity index (χ0n) is 18.6. The first-order chi connectivity index (χ1) is 16.9. The number of fused-ring (bicyclic) bond motifs is 1. The van der Waals surface area contributed by atoms with Crippen molar-refractivity contribution < 1.29 is 18.7 Å². The number of ether oxygens (including phenoxy) is 2. The lowest BCUT2D eigenvalue weighted by Gasteiger charge is -2.17. The second kappa shape index (κ2) is 11.3. The van der Waals surface area contributed by atoms with Gasteiger partial charge in [0.15, 0.2) is 0 Å². The third kappa shape index (κ3) is 5.87. The molecule has 1 amide bonds. The predicted molar refractivity (Wildman–Crippen MR) is 137 cm³/mol. The number of methoxy groups -OCH3 is 1. The number of hydrogen-bond acceptors (Lipinski definition) is 5. The van der Waals surface area contributed by atoms with Gasteiger partial charge in [0.2, 0.25) is 0 Å². The molecule has 0 bridgehead atoms. The Morgan fingerprint density at radius 1 is 1.11 bits per heavy atom. The Labute approximate surface area is 217 Å². The van der Waals surface area contributed by atoms with Gasteiger partial charge >= 0.3 is 0 Å². The molecule has 182 valence electrons. The van der Waals surface area contributed by atoms with E-state index >= 15 is 0 Å². The van der Waals surface area contributed by atoms with Crippen molar-refractivity contribution in [3.05, 3.63) is 92.2 Å². The molecule has 10 heteroatoms. The third-order valence-corrected chi connectivity index (χ3v) is 6.04. The fraction of sp³-hybridized carbons (Fsp3) is 0.200. The first-order valence-electron chi connectivity index (χ1n) is 10.7. The Bertz CT molecular complexity index is 1260. The third-order valence-electron chi connectivity index (χ3n) is 5.23. The zero-order valence-corrected chi connectivity index (χ0v) is 20.8. The van der Waals surface area contributed by atoms with Gasteiger partial charge in [-0.3, -0.25) is 9.79 Å². The van der Waals surface area contributed by atoms with Crippen molar-refractivity contribution in [2.45, 2.75) is 6.17 Å². The van der Waals surface area contributed by atoms with E-state index < -0.39 is 17.9 Å². The number of halogens is 4. The highest BCUT2D eigenvalue weighted by Gasteiger charge is 2.25. The molecule has 0 fully saturated rings. The van der Waals surface area contributed by atoms with Crippen molar-refractivity contribution in [2.24, 2.45) is 4.99 Å². The van der Waals surface area contributed by atoms with E-state index in [1.807, 2.05) is 24.3 Å². The van der Waals surface area contributed by atoms with Crippen LogP contribution in [0.3, 0.4) is 0 Å². The number of carbonyl (C=O) groups is 1. The number of anilines is 1. The maximum absolute atomic E-state index is 14.0. The largest absolute Gasteiger partial charge is 0.490 e. The van der Waals surface area contributed by atoms with Crippen molar-refractivity contribution in [2.75, 3.05) is 32.2 Å². The topological polar surface area (TPSA) is 72.0 Å². The van der Waals surface area contributed by atoms with E-state index in [1.165, 1.54) is 19.2 Å². The molecule has 0 spiro atoms. The Kier molecular flexibility index (Phi) is 8.13. The van der Waals surface area contributed by atoms with Crippen LogP contribution in [0.1, 0.15) is 21.5 Å². The van der Waals surface area contributed by atoms with Gasteiger partial charge in [-0.1, -0.05) is 53.0 Å². The van der Waals surface area contributed by atoms with E-state index in [-0.39, 0.29) is 24.5 Å². The molecule has 3 aromatic carbocycles. The fourth-order valence-electron chi connectivity index (χ4n) is 3.64. The molecule has 6 nitrogen and oxygen atoms in total. The maximum atomic E-state index is 14.0. The normalized spacial score (nSPS) is 14.9. The maximum Gasteiger partial charge on any atom is 0.256 e. The Balaban J connectivity index is 1.70. The molecule has 0 saturated carbocycles. The molecule has 1 aliphatic heterocycles. The van der Waals surface area contributed by atoms with Crippen LogP contribution >= 0.6 is 34.8 Å². The fourth-order valence-corrected chi connectivity index (χ4v) is 4.64. The van der Waals surface area contributed by atoms with Crippen LogP contribution in [0.5, 0.6) is 5.75 Å². The van der Waals surface area contributed by atoms with Gasteiger partial charge in [0.05, 0.1) is 34.5 Å². The van der Waals surface area contributed by atoms with Crippen molar-refractivity contribution in [3.63, 3.8) is 0 Å². The van der Waals surface area contributed by atoms with E-state index in [9.17, 15) is 9.18 Å². The van der Waals surface area contributed by atoms with Gasteiger partial charge in [-0.25, -0.2) is 4.39 Å². The lowest BCUT2D eigenvalue weighted by molar-refractivity contribution is 0.0932. The number of amides is 1. The van der Waals surface area contributed by atoms with E-state index in [1.54, 1.807) is 12.1 Å². The van der Waals surface area contributed by atoms with Crippen molar-refractivity contribution in [3.8, 4) is 5.75 Å². The van der Waals surface area contributed by atoms with Gasteiger partial charge in [0.25, 0.3) is 5.91 Å². The molecule has 1 heterocycles. The second-order valence-electron chi connectivity index (χ2n) is 7.62. The predicted octanol–water partition coefficient (Wildman–Crippen LogP) is 5.83. The van der Waals surface area contributed by atoms with Gasteiger partial charge in [0, 0.05) is 28.9 Å². The number of benzodiazepines with no additional fused rings is 1. The number of para-hydroxylation sites is 1. The van der Waals surface area contributed by atoms with E-state index in [0.29, 0.717) is 32.9 Å². The second-order valence-corrected chi connectivity index (χ2v) is 8.87. The van der Waals surface area contributed by atoms with Crippen LogP contribution in [0.15, 0.2) is 59.6 Å². The summed E-state index contributed by atoms with van der Waals surface area (Å²) >= 11 is 19.1. The number of nitrogens with zero attached hydrogens (tertiary/aromatic N) is 1. The summed E-state index contributed by atoms with van der Waals surface area (Å²) in [7, 11) is 1.54. The van der Waals surface area contributed by atoms with Crippen LogP contribution in [0.2, 0.25) is 15.1 Å². The number of rotatable bonds is 7. The van der Waals surface area contributed by atoms with E-state index in [0.717, 1.165) is 17.3 Å². The molecule has 2 N–H and O–H groups in total. The summed E-state index contributed by atoms with van der Waals surface area (Å²) in [5.41, 5.74) is 2.56. The van der Waals surface area contributed by atoms with Crippen LogP contribution in [0.25, 0.3) is 0 Å². The summed E-state index contributed by atoms with van der Waals surface area (Å²) in [5, 5.41) is 7.16. The standard InChI is InChI=1S/C25H21Cl3FN3O3/c1-34-8-9-35-21-7-6-15(29)12-17(21)25(33)32-22-13-30-20-5-3-2-4-16(20)24(31-22)23-18(27)10-14(26)11-19(23)28/h2-7,10-12,22,30H,8-9,13H2,1H3,(H,32,33). The summed E-state index contributed by atoms with van der Waals surface area (Å²) in [6, 6.07) is 14.4. The molecule has 0 saturated heterocycles. The van der Waals surface area contributed by atoms with Crippen molar-refractivity contribution in [1.29, 1.82) is 0 Å². The quantitative estimate of drug-likeness (QED) is 0.373. The summed E-state index contributed by atoms with van der Waals surface area (Å²) in [6.07, 6.45) is -0.734. The first kappa shape index (κ1) is 25.3. The number of hydrogen-bond donors (Lipinski definition) is 2. The summed E-state index contributed by atoms with van der Waals surface area (Å²) in [6.45, 7) is 0.794. The number of aliphatic imine (C=N–C) groups is 1. The van der Waals surface area contributed by atoms with Gasteiger partial charge in [-0.15, -0.1) is 0 Å². The average Bonchev–Trinajstić information content (AvgIpc) is 2.99. The monoisotopic (exact) mass is 535 g/mol. The van der Waals surface area contributed by atoms with Gasteiger partial charge < -0.3 is 20.1 Å². The minimum absolute atomic E-state index is 0.0437. The van der Waals surface area contributed by atoms with Crippen LogP contribution in [-0.2, 0) is 4.74 Å². The first-order valence-corrected chi connectivity index (χ1v) is 11.8. The van der Waals surface area contributed by atoms with E-state index in [4.69, 9.17) is 49.3 Å². The number of nitrogens with one attached hydrogen (secondary N) is 2. The van der Waals surface area contributed by atoms with Crippen LogP contribution < -0.4 is 15.4 Å². The smallest absolute Gasteiger partial charge is 0.256 e. The zero-order chi connectivity index (χ0) is 24.9. The highest BCUT2D eigenvalue weighted by atomic mass is 35.5.